The van der Waals surface area contributed by atoms with Crippen LogP contribution in [0.2, 0.25) is 0 Å². The summed E-state index contributed by atoms with van der Waals surface area (Å²) in [6.07, 6.45) is 3.80. The fourth-order valence-electron chi connectivity index (χ4n) is 1.79. The quantitative estimate of drug-likeness (QED) is 0.849. The Labute approximate surface area is 118 Å². The van der Waals surface area contributed by atoms with Gasteiger partial charge < -0.3 is 10.1 Å². The van der Waals surface area contributed by atoms with Crippen molar-refractivity contribution in [1.29, 1.82) is 0 Å². The van der Waals surface area contributed by atoms with Gasteiger partial charge in [0.2, 0.25) is 5.91 Å². The largest absolute Gasteiger partial charge is 0.493 e. The Bertz CT molecular complexity index is 535. The molecule has 0 aliphatic heterocycles. The van der Waals surface area contributed by atoms with Crippen LogP contribution in [-0.4, -0.2) is 22.7 Å². The summed E-state index contributed by atoms with van der Waals surface area (Å²) < 4.78 is 5.52. The van der Waals surface area contributed by atoms with Crippen LogP contribution < -0.4 is 10.1 Å². The predicted molar refractivity (Wildman–Crippen MR) is 76.4 cm³/mol. The average Bonchev–Trinajstić information content (AvgIpc) is 2.95. The molecule has 0 fully saturated rings. The van der Waals surface area contributed by atoms with Crippen molar-refractivity contribution in [3.8, 4) is 5.75 Å². The molecule has 106 valence electrons. The second kappa shape index (κ2) is 6.75. The average molecular weight is 273 g/mol. The van der Waals surface area contributed by atoms with Gasteiger partial charge in [-0.05, 0) is 26.0 Å². The van der Waals surface area contributed by atoms with E-state index >= 15 is 0 Å². The molecule has 1 heterocycles. The zero-order chi connectivity index (χ0) is 14.4. The van der Waals surface area contributed by atoms with Gasteiger partial charge in [0, 0.05) is 11.8 Å². The first-order chi connectivity index (χ1) is 9.65. The summed E-state index contributed by atoms with van der Waals surface area (Å²) in [5.74, 6) is 0.747. The van der Waals surface area contributed by atoms with Crippen molar-refractivity contribution in [2.45, 2.75) is 26.3 Å². The van der Waals surface area contributed by atoms with Crippen molar-refractivity contribution in [3.05, 3.63) is 47.8 Å². The van der Waals surface area contributed by atoms with E-state index in [1.54, 1.807) is 12.4 Å². The molecule has 1 atom stereocenters. The number of ether oxygens (including phenoxy) is 1. The van der Waals surface area contributed by atoms with Crippen LogP contribution in [0.5, 0.6) is 5.75 Å². The molecule has 2 aromatic rings. The fraction of sp³-hybridized carbons (Fsp3) is 0.333. The Morgan fingerprint density at radius 2 is 2.15 bits per heavy atom. The number of hydrogen-bond acceptors (Lipinski definition) is 3. The van der Waals surface area contributed by atoms with Crippen molar-refractivity contribution in [3.63, 3.8) is 0 Å². The maximum absolute atomic E-state index is 11.8. The highest BCUT2D eigenvalue weighted by Gasteiger charge is 2.10. The molecule has 20 heavy (non-hydrogen) atoms. The molecular formula is C15H19N3O2. The molecule has 2 rings (SSSR count). The van der Waals surface area contributed by atoms with E-state index in [4.69, 9.17) is 4.74 Å². The number of nitrogens with zero attached hydrogens (tertiary/aromatic N) is 1. The third-order valence-electron chi connectivity index (χ3n) is 3.02. The van der Waals surface area contributed by atoms with Crippen LogP contribution in [0.4, 0.5) is 0 Å². The smallest absolute Gasteiger partial charge is 0.223 e. The SMILES string of the molecule is Cc1ccc(OCCC(=O)NC(C)c2cn[nH]c2)cc1. The molecule has 0 bridgehead atoms. The van der Waals surface area contributed by atoms with Gasteiger partial charge in [-0.25, -0.2) is 0 Å². The Balaban J connectivity index is 1.71. The highest BCUT2D eigenvalue weighted by molar-refractivity contribution is 5.76. The monoisotopic (exact) mass is 273 g/mol. The van der Waals surface area contributed by atoms with E-state index in [1.165, 1.54) is 5.56 Å². The number of carbonyl (C=O) groups is 1. The molecular weight excluding hydrogens is 254 g/mol. The van der Waals surface area contributed by atoms with E-state index in [2.05, 4.69) is 15.5 Å². The summed E-state index contributed by atoms with van der Waals surface area (Å²) in [6.45, 7) is 4.31. The minimum Gasteiger partial charge on any atom is -0.493 e. The van der Waals surface area contributed by atoms with E-state index in [0.29, 0.717) is 13.0 Å². The van der Waals surface area contributed by atoms with Gasteiger partial charge in [0.05, 0.1) is 25.3 Å². The van der Waals surface area contributed by atoms with Crippen molar-refractivity contribution < 1.29 is 9.53 Å². The summed E-state index contributed by atoms with van der Waals surface area (Å²) in [4.78, 5) is 11.8. The normalized spacial score (nSPS) is 11.9. The molecule has 0 saturated heterocycles. The fourth-order valence-corrected chi connectivity index (χ4v) is 1.79. The van der Waals surface area contributed by atoms with E-state index in [-0.39, 0.29) is 11.9 Å². The molecule has 0 spiro atoms. The molecule has 2 N–H and O–H groups in total. The van der Waals surface area contributed by atoms with Gasteiger partial charge in [0.15, 0.2) is 0 Å². The molecule has 5 nitrogen and oxygen atoms in total. The first kappa shape index (κ1) is 14.1. The summed E-state index contributed by atoms with van der Waals surface area (Å²) in [6, 6.07) is 7.72. The number of aryl methyl sites for hydroxylation is 1. The lowest BCUT2D eigenvalue weighted by Crippen LogP contribution is -2.27. The third-order valence-corrected chi connectivity index (χ3v) is 3.02. The van der Waals surface area contributed by atoms with Crippen molar-refractivity contribution in [1.82, 2.24) is 15.5 Å². The minimum atomic E-state index is -0.0550. The number of carbonyl (C=O) groups excluding carboxylic acids is 1. The summed E-state index contributed by atoms with van der Waals surface area (Å²) in [5, 5.41) is 9.48. The van der Waals surface area contributed by atoms with Crippen LogP contribution in [0.1, 0.15) is 30.5 Å². The first-order valence-electron chi connectivity index (χ1n) is 6.62. The predicted octanol–water partition coefficient (Wildman–Crippen LogP) is 2.36. The Morgan fingerprint density at radius 3 is 2.80 bits per heavy atom. The second-order valence-corrected chi connectivity index (χ2v) is 4.73. The molecule has 1 aromatic carbocycles. The van der Waals surface area contributed by atoms with Gasteiger partial charge in [-0.1, -0.05) is 17.7 Å². The van der Waals surface area contributed by atoms with Crippen molar-refractivity contribution >= 4 is 5.91 Å². The van der Waals surface area contributed by atoms with Gasteiger partial charge in [0.1, 0.15) is 5.75 Å². The van der Waals surface area contributed by atoms with Gasteiger partial charge in [-0.15, -0.1) is 0 Å². The number of benzene rings is 1. The van der Waals surface area contributed by atoms with E-state index in [1.807, 2.05) is 38.1 Å². The molecule has 0 aliphatic rings. The Kier molecular flexibility index (Phi) is 4.76. The molecule has 1 aromatic heterocycles. The molecule has 0 radical (unpaired) electrons. The third kappa shape index (κ3) is 4.12. The lowest BCUT2D eigenvalue weighted by atomic mass is 10.2. The van der Waals surface area contributed by atoms with E-state index < -0.39 is 0 Å². The molecule has 0 aliphatic carbocycles. The van der Waals surface area contributed by atoms with Crippen molar-refractivity contribution in [2.75, 3.05) is 6.61 Å². The maximum Gasteiger partial charge on any atom is 0.223 e. The lowest BCUT2D eigenvalue weighted by molar-refractivity contribution is -0.122. The molecule has 5 heteroatoms. The van der Waals surface area contributed by atoms with Gasteiger partial charge in [-0.3, -0.25) is 9.89 Å². The van der Waals surface area contributed by atoms with Gasteiger partial charge in [0.25, 0.3) is 0 Å². The summed E-state index contributed by atoms with van der Waals surface area (Å²) >= 11 is 0. The number of rotatable bonds is 6. The topological polar surface area (TPSA) is 67.0 Å². The first-order valence-corrected chi connectivity index (χ1v) is 6.62. The highest BCUT2D eigenvalue weighted by atomic mass is 16.5. The highest BCUT2D eigenvalue weighted by Crippen LogP contribution is 2.12. The van der Waals surface area contributed by atoms with Crippen LogP contribution in [0, 0.1) is 6.92 Å². The van der Waals surface area contributed by atoms with Crippen LogP contribution >= 0.6 is 0 Å². The van der Waals surface area contributed by atoms with Gasteiger partial charge in [-0.2, -0.15) is 5.10 Å². The van der Waals surface area contributed by atoms with Crippen LogP contribution in [0.3, 0.4) is 0 Å². The lowest BCUT2D eigenvalue weighted by Gasteiger charge is -2.12. The molecule has 0 saturated carbocycles. The molecule has 1 amide bonds. The zero-order valence-electron chi connectivity index (χ0n) is 11.7. The minimum absolute atomic E-state index is 0.0363. The standard InChI is InChI=1S/C15H19N3O2/c1-11-3-5-14(6-4-11)20-8-7-15(19)18-12(2)13-9-16-17-10-13/h3-6,9-10,12H,7-8H2,1-2H3,(H,16,17)(H,18,19). The number of hydrogen-bond donors (Lipinski definition) is 2. The number of nitrogens with one attached hydrogen (secondary N) is 2. The van der Waals surface area contributed by atoms with Crippen molar-refractivity contribution in [2.24, 2.45) is 0 Å². The number of amides is 1. The number of aromatic nitrogens is 2. The van der Waals surface area contributed by atoms with Crippen LogP contribution in [-0.2, 0) is 4.79 Å². The Hall–Kier alpha value is -2.30. The maximum atomic E-state index is 11.8. The number of aromatic amines is 1. The van der Waals surface area contributed by atoms with E-state index in [0.717, 1.165) is 11.3 Å². The van der Waals surface area contributed by atoms with Crippen LogP contribution in [0.25, 0.3) is 0 Å². The van der Waals surface area contributed by atoms with Gasteiger partial charge >= 0.3 is 0 Å². The molecule has 1 unspecified atom stereocenters. The summed E-state index contributed by atoms with van der Waals surface area (Å²) in [5.41, 5.74) is 2.14. The Morgan fingerprint density at radius 1 is 1.40 bits per heavy atom. The van der Waals surface area contributed by atoms with E-state index in [9.17, 15) is 4.79 Å². The number of H-pyrrole nitrogens is 1. The summed E-state index contributed by atoms with van der Waals surface area (Å²) in [7, 11) is 0. The second-order valence-electron chi connectivity index (χ2n) is 4.73. The van der Waals surface area contributed by atoms with Crippen LogP contribution in [0.15, 0.2) is 36.7 Å². The zero-order valence-corrected chi connectivity index (χ0v) is 11.7.